The van der Waals surface area contributed by atoms with Crippen molar-refractivity contribution in [2.45, 2.75) is 6.10 Å². The number of nitrogens with two attached hydrogens (primary N) is 1. The van der Waals surface area contributed by atoms with Crippen LogP contribution in [0.5, 0.6) is 5.75 Å². The molecule has 3 nitrogen and oxygen atoms in total. The third-order valence-electron chi connectivity index (χ3n) is 1.78. The zero-order valence-corrected chi connectivity index (χ0v) is 8.08. The molecule has 13 heavy (non-hydrogen) atoms. The van der Waals surface area contributed by atoms with Gasteiger partial charge in [0.25, 0.3) is 0 Å². The molecule has 0 fully saturated rings. The minimum atomic E-state index is -0.661. The van der Waals surface area contributed by atoms with Crippen molar-refractivity contribution in [3.05, 3.63) is 28.8 Å². The average molecular weight is 202 g/mol. The standard InChI is InChI=1S/C9H12ClNO2/c1-13-9-4-6(8(12)5-11)2-3-7(9)10/h2-4,8,12H,5,11H2,1H3. The number of methoxy groups -OCH3 is 1. The van der Waals surface area contributed by atoms with Gasteiger partial charge in [0, 0.05) is 6.54 Å². The molecule has 0 aliphatic carbocycles. The maximum Gasteiger partial charge on any atom is 0.137 e. The fourth-order valence-corrected chi connectivity index (χ4v) is 1.21. The highest BCUT2D eigenvalue weighted by Crippen LogP contribution is 2.27. The molecule has 72 valence electrons. The van der Waals surface area contributed by atoms with Crippen LogP contribution in [0.1, 0.15) is 11.7 Å². The lowest BCUT2D eigenvalue weighted by molar-refractivity contribution is 0.186. The number of rotatable bonds is 3. The molecule has 1 aromatic rings. The van der Waals surface area contributed by atoms with Crippen molar-refractivity contribution < 1.29 is 9.84 Å². The third-order valence-corrected chi connectivity index (χ3v) is 2.10. The molecule has 0 aliphatic rings. The zero-order chi connectivity index (χ0) is 9.84. The average Bonchev–Trinajstić information content (AvgIpc) is 2.17. The van der Waals surface area contributed by atoms with E-state index in [1.54, 1.807) is 18.2 Å². The van der Waals surface area contributed by atoms with Gasteiger partial charge in [-0.15, -0.1) is 0 Å². The van der Waals surface area contributed by atoms with Gasteiger partial charge in [0.1, 0.15) is 5.75 Å². The summed E-state index contributed by atoms with van der Waals surface area (Å²) >= 11 is 5.81. The fourth-order valence-electron chi connectivity index (χ4n) is 1.02. The Morgan fingerprint density at radius 2 is 2.31 bits per heavy atom. The fraction of sp³-hybridized carbons (Fsp3) is 0.333. The lowest BCUT2D eigenvalue weighted by Crippen LogP contribution is -2.11. The second-order valence-electron chi connectivity index (χ2n) is 2.65. The van der Waals surface area contributed by atoms with Crippen LogP contribution in [0.15, 0.2) is 18.2 Å². The minimum Gasteiger partial charge on any atom is -0.495 e. The molecular formula is C9H12ClNO2. The molecule has 0 spiro atoms. The van der Waals surface area contributed by atoms with Gasteiger partial charge in [-0.05, 0) is 17.7 Å². The van der Waals surface area contributed by atoms with Crippen LogP contribution in [0.3, 0.4) is 0 Å². The zero-order valence-electron chi connectivity index (χ0n) is 7.33. The molecule has 0 heterocycles. The van der Waals surface area contributed by atoms with E-state index in [2.05, 4.69) is 0 Å². The molecule has 0 saturated heterocycles. The molecule has 3 N–H and O–H groups in total. The van der Waals surface area contributed by atoms with Gasteiger partial charge < -0.3 is 15.6 Å². The first-order chi connectivity index (χ1) is 6.19. The van der Waals surface area contributed by atoms with Crippen molar-refractivity contribution in [2.75, 3.05) is 13.7 Å². The lowest BCUT2D eigenvalue weighted by Gasteiger charge is -2.10. The number of aliphatic hydroxyl groups excluding tert-OH is 1. The molecule has 0 aromatic heterocycles. The summed E-state index contributed by atoms with van der Waals surface area (Å²) in [5, 5.41) is 9.94. The Kier molecular flexibility index (Phi) is 3.54. The van der Waals surface area contributed by atoms with Gasteiger partial charge in [-0.25, -0.2) is 0 Å². The van der Waals surface area contributed by atoms with Crippen molar-refractivity contribution >= 4 is 11.6 Å². The van der Waals surface area contributed by atoms with Gasteiger partial charge in [-0.3, -0.25) is 0 Å². The maximum absolute atomic E-state index is 9.42. The number of benzene rings is 1. The Hall–Kier alpha value is -0.770. The largest absolute Gasteiger partial charge is 0.495 e. The van der Waals surface area contributed by atoms with E-state index in [0.29, 0.717) is 16.3 Å². The smallest absolute Gasteiger partial charge is 0.137 e. The summed E-state index contributed by atoms with van der Waals surface area (Å²) in [6.45, 7) is 0.185. The van der Waals surface area contributed by atoms with E-state index in [1.807, 2.05) is 0 Å². The molecular weight excluding hydrogens is 190 g/mol. The van der Waals surface area contributed by atoms with Crippen LogP contribution >= 0.6 is 11.6 Å². The Bertz CT molecular complexity index is 291. The van der Waals surface area contributed by atoms with E-state index in [1.165, 1.54) is 7.11 Å². The van der Waals surface area contributed by atoms with Crippen molar-refractivity contribution in [3.8, 4) is 5.75 Å². The van der Waals surface area contributed by atoms with Gasteiger partial charge >= 0.3 is 0 Å². The van der Waals surface area contributed by atoms with Crippen LogP contribution in [0.25, 0.3) is 0 Å². The maximum atomic E-state index is 9.42. The number of hydrogen-bond donors (Lipinski definition) is 2. The van der Waals surface area contributed by atoms with Gasteiger partial charge in [0.05, 0.1) is 18.2 Å². The van der Waals surface area contributed by atoms with Crippen molar-refractivity contribution in [2.24, 2.45) is 5.73 Å². The van der Waals surface area contributed by atoms with Crippen LogP contribution in [0.2, 0.25) is 5.02 Å². The SMILES string of the molecule is COc1cc(C(O)CN)ccc1Cl. The quantitative estimate of drug-likeness (QED) is 0.776. The molecule has 0 radical (unpaired) electrons. The highest BCUT2D eigenvalue weighted by atomic mass is 35.5. The summed E-state index contributed by atoms with van der Waals surface area (Å²) in [5.74, 6) is 0.548. The van der Waals surface area contributed by atoms with Gasteiger partial charge in [-0.1, -0.05) is 17.7 Å². The Morgan fingerprint density at radius 3 is 2.85 bits per heavy atom. The number of ether oxygens (including phenoxy) is 1. The number of aliphatic hydroxyl groups is 1. The molecule has 0 amide bonds. The second kappa shape index (κ2) is 4.46. The normalized spacial score (nSPS) is 12.6. The van der Waals surface area contributed by atoms with E-state index in [-0.39, 0.29) is 6.54 Å². The van der Waals surface area contributed by atoms with Crippen LogP contribution in [0, 0.1) is 0 Å². The Morgan fingerprint density at radius 1 is 1.62 bits per heavy atom. The summed E-state index contributed by atoms with van der Waals surface area (Å²) in [6, 6.07) is 5.08. The number of halogens is 1. The second-order valence-corrected chi connectivity index (χ2v) is 3.05. The van der Waals surface area contributed by atoms with Crippen LogP contribution < -0.4 is 10.5 Å². The van der Waals surface area contributed by atoms with E-state index in [4.69, 9.17) is 22.1 Å². The molecule has 0 aliphatic heterocycles. The number of hydrogen-bond acceptors (Lipinski definition) is 3. The first-order valence-electron chi connectivity index (χ1n) is 3.90. The minimum absolute atomic E-state index is 0.185. The molecule has 1 rings (SSSR count). The van der Waals surface area contributed by atoms with Crippen LogP contribution in [-0.2, 0) is 0 Å². The third kappa shape index (κ3) is 2.34. The summed E-state index contributed by atoms with van der Waals surface area (Å²) in [4.78, 5) is 0. The van der Waals surface area contributed by atoms with Crippen molar-refractivity contribution in [3.63, 3.8) is 0 Å². The molecule has 1 unspecified atom stereocenters. The van der Waals surface area contributed by atoms with Gasteiger partial charge in [0.15, 0.2) is 0 Å². The first-order valence-corrected chi connectivity index (χ1v) is 4.28. The highest BCUT2D eigenvalue weighted by molar-refractivity contribution is 6.32. The van der Waals surface area contributed by atoms with E-state index in [0.717, 1.165) is 0 Å². The topological polar surface area (TPSA) is 55.5 Å². The first kappa shape index (κ1) is 10.3. The van der Waals surface area contributed by atoms with Crippen LogP contribution in [-0.4, -0.2) is 18.8 Å². The lowest BCUT2D eigenvalue weighted by atomic mass is 10.1. The monoisotopic (exact) mass is 201 g/mol. The predicted molar refractivity (Wildman–Crippen MR) is 52.0 cm³/mol. The Balaban J connectivity index is 2.99. The summed E-state index contributed by atoms with van der Waals surface area (Å²) in [7, 11) is 1.53. The molecule has 4 heteroatoms. The molecule has 1 aromatic carbocycles. The van der Waals surface area contributed by atoms with Crippen molar-refractivity contribution in [1.29, 1.82) is 0 Å². The molecule has 0 saturated carbocycles. The Labute approximate surface area is 82.1 Å². The highest BCUT2D eigenvalue weighted by Gasteiger charge is 2.08. The molecule has 0 bridgehead atoms. The summed E-state index contributed by atoms with van der Waals surface area (Å²) in [5.41, 5.74) is 6.02. The van der Waals surface area contributed by atoms with E-state index < -0.39 is 6.10 Å². The van der Waals surface area contributed by atoms with Gasteiger partial charge in [0.2, 0.25) is 0 Å². The predicted octanol–water partition coefficient (Wildman–Crippen LogP) is 1.34. The summed E-state index contributed by atoms with van der Waals surface area (Å²) < 4.78 is 5.00. The van der Waals surface area contributed by atoms with E-state index >= 15 is 0 Å². The molecule has 1 atom stereocenters. The van der Waals surface area contributed by atoms with E-state index in [9.17, 15) is 5.11 Å². The van der Waals surface area contributed by atoms with Gasteiger partial charge in [-0.2, -0.15) is 0 Å². The van der Waals surface area contributed by atoms with Crippen LogP contribution in [0.4, 0.5) is 0 Å². The summed E-state index contributed by atoms with van der Waals surface area (Å²) in [6.07, 6.45) is -0.661. The van der Waals surface area contributed by atoms with Crippen molar-refractivity contribution in [1.82, 2.24) is 0 Å².